The van der Waals surface area contributed by atoms with Crippen LogP contribution >= 0.6 is 22.9 Å². The second-order valence-electron chi connectivity index (χ2n) is 6.10. The summed E-state index contributed by atoms with van der Waals surface area (Å²) < 4.78 is 1.87. The van der Waals surface area contributed by atoms with Crippen LogP contribution in [-0.2, 0) is 11.2 Å². The van der Waals surface area contributed by atoms with E-state index < -0.39 is 4.92 Å². The highest BCUT2D eigenvalue weighted by atomic mass is 35.5. The van der Waals surface area contributed by atoms with Gasteiger partial charge in [-0.3, -0.25) is 14.9 Å². The number of nitro groups is 1. The Kier molecular flexibility index (Phi) is 5.91. The Morgan fingerprint density at radius 3 is 2.82 bits per heavy atom. The highest BCUT2D eigenvalue weighted by Crippen LogP contribution is 2.29. The topological polar surface area (TPSA) is 89.5 Å². The van der Waals surface area contributed by atoms with Crippen LogP contribution in [-0.4, -0.2) is 21.6 Å². The van der Waals surface area contributed by atoms with Crippen LogP contribution in [0.25, 0.3) is 5.69 Å². The second-order valence-corrected chi connectivity index (χ2v) is 7.54. The highest BCUT2D eigenvalue weighted by Gasteiger charge is 2.16. The summed E-state index contributed by atoms with van der Waals surface area (Å²) in [5.74, 6) is -0.194. The molecule has 3 rings (SSSR count). The summed E-state index contributed by atoms with van der Waals surface area (Å²) in [4.78, 5) is 23.5. The molecule has 0 aliphatic rings. The molecule has 0 bridgehead atoms. The van der Waals surface area contributed by atoms with Gasteiger partial charge in [-0.1, -0.05) is 17.7 Å². The summed E-state index contributed by atoms with van der Waals surface area (Å²) in [6.45, 7) is 3.77. The molecule has 28 heavy (non-hydrogen) atoms. The number of hydrogen-bond acceptors (Lipinski definition) is 5. The second kappa shape index (κ2) is 8.37. The lowest BCUT2D eigenvalue weighted by Crippen LogP contribution is -2.19. The van der Waals surface area contributed by atoms with E-state index >= 15 is 0 Å². The Morgan fingerprint density at radius 2 is 2.14 bits per heavy atom. The van der Waals surface area contributed by atoms with E-state index in [0.29, 0.717) is 5.69 Å². The zero-order valence-corrected chi connectivity index (χ0v) is 16.8. The molecule has 0 aliphatic carbocycles. The van der Waals surface area contributed by atoms with Gasteiger partial charge >= 0.3 is 0 Å². The van der Waals surface area contributed by atoms with Crippen molar-refractivity contribution in [2.75, 3.05) is 0 Å². The minimum Gasteiger partial charge on any atom is -0.318 e. The molecule has 1 N–H and O–H groups in total. The summed E-state index contributed by atoms with van der Waals surface area (Å²) >= 11 is 7.42. The first-order valence-corrected chi connectivity index (χ1v) is 9.60. The molecule has 0 saturated carbocycles. The van der Waals surface area contributed by atoms with E-state index in [4.69, 9.17) is 11.6 Å². The van der Waals surface area contributed by atoms with Gasteiger partial charge < -0.3 is 4.57 Å². The predicted octanol–water partition coefficient (Wildman–Crippen LogP) is 4.41. The van der Waals surface area contributed by atoms with Gasteiger partial charge in [-0.15, -0.1) is 11.3 Å². The van der Waals surface area contributed by atoms with Crippen molar-refractivity contribution >= 4 is 40.7 Å². The number of benzene rings is 1. The molecule has 7 nitrogen and oxygen atoms in total. The lowest BCUT2D eigenvalue weighted by atomic mass is 10.2. The number of hydrogen-bond donors (Lipinski definition) is 1. The number of thiophene rings is 1. The lowest BCUT2D eigenvalue weighted by molar-refractivity contribution is -0.384. The number of rotatable bonds is 6. The van der Waals surface area contributed by atoms with E-state index in [2.05, 4.69) is 10.5 Å². The van der Waals surface area contributed by atoms with E-state index in [9.17, 15) is 14.9 Å². The van der Waals surface area contributed by atoms with E-state index in [1.807, 2.05) is 42.0 Å². The molecule has 144 valence electrons. The summed E-state index contributed by atoms with van der Waals surface area (Å²) in [6.07, 6.45) is 1.85. The first kappa shape index (κ1) is 19.8. The summed E-state index contributed by atoms with van der Waals surface area (Å²) in [5.41, 5.74) is 5.51. The fourth-order valence-electron chi connectivity index (χ4n) is 2.88. The van der Waals surface area contributed by atoms with Crippen LogP contribution < -0.4 is 5.43 Å². The molecule has 9 heteroatoms. The molecule has 0 fully saturated rings. The number of aromatic nitrogens is 1. The van der Waals surface area contributed by atoms with Gasteiger partial charge in [0.05, 0.1) is 23.2 Å². The number of carbonyl (C=O) groups excluding carboxylic acids is 1. The largest absolute Gasteiger partial charge is 0.318 e. The molecule has 0 atom stereocenters. The molecular formula is C19H17ClN4O3S. The quantitative estimate of drug-likeness (QED) is 0.366. The van der Waals surface area contributed by atoms with Gasteiger partial charge in [0, 0.05) is 27.9 Å². The zero-order chi connectivity index (χ0) is 20.3. The number of nitrogens with one attached hydrogen (secondary N) is 1. The van der Waals surface area contributed by atoms with Crippen LogP contribution in [0.4, 0.5) is 5.69 Å². The number of carbonyl (C=O) groups is 1. The summed E-state index contributed by atoms with van der Waals surface area (Å²) in [5, 5.41) is 17.2. The third kappa shape index (κ3) is 4.29. The highest BCUT2D eigenvalue weighted by molar-refractivity contribution is 7.10. The van der Waals surface area contributed by atoms with Crippen molar-refractivity contribution in [3.8, 4) is 5.69 Å². The minimum atomic E-state index is -0.508. The first-order valence-electron chi connectivity index (χ1n) is 8.34. The average molecular weight is 417 g/mol. The van der Waals surface area contributed by atoms with Crippen LogP contribution in [0, 0.1) is 24.0 Å². The SMILES string of the molecule is Cc1cc(/C=N\NC(=O)Cc2cccs2)c(C)n1-c1ccc(Cl)c([N+](=O)[O-])c1. The predicted molar refractivity (Wildman–Crippen MR) is 111 cm³/mol. The lowest BCUT2D eigenvalue weighted by Gasteiger charge is -2.10. The van der Waals surface area contributed by atoms with E-state index in [1.165, 1.54) is 23.5 Å². The minimum absolute atomic E-state index is 0.0893. The smallest absolute Gasteiger partial charge is 0.289 e. The van der Waals surface area contributed by atoms with Crippen LogP contribution in [0.1, 0.15) is 21.8 Å². The van der Waals surface area contributed by atoms with Crippen molar-refractivity contribution in [1.82, 2.24) is 9.99 Å². The van der Waals surface area contributed by atoms with Crippen molar-refractivity contribution in [1.29, 1.82) is 0 Å². The number of amides is 1. The number of nitro benzene ring substituents is 1. The Hall–Kier alpha value is -2.97. The van der Waals surface area contributed by atoms with Crippen molar-refractivity contribution in [2.24, 2.45) is 5.10 Å². The normalized spacial score (nSPS) is 11.1. The maximum atomic E-state index is 11.9. The van der Waals surface area contributed by atoms with Crippen molar-refractivity contribution in [2.45, 2.75) is 20.3 Å². The fraction of sp³-hybridized carbons (Fsp3) is 0.158. The third-order valence-corrected chi connectivity index (χ3v) is 5.36. The van der Waals surface area contributed by atoms with Gasteiger partial charge in [0.1, 0.15) is 5.02 Å². The number of hydrazone groups is 1. The summed E-state index contributed by atoms with van der Waals surface area (Å²) in [7, 11) is 0. The number of nitrogens with zero attached hydrogens (tertiary/aromatic N) is 3. The van der Waals surface area contributed by atoms with E-state index in [1.54, 1.807) is 12.3 Å². The molecule has 1 amide bonds. The monoisotopic (exact) mass is 416 g/mol. The van der Waals surface area contributed by atoms with Gasteiger partial charge in [0.25, 0.3) is 5.69 Å². The van der Waals surface area contributed by atoms with Crippen molar-refractivity contribution < 1.29 is 9.72 Å². The van der Waals surface area contributed by atoms with Gasteiger partial charge in [-0.05, 0) is 43.5 Å². The van der Waals surface area contributed by atoms with Crippen molar-refractivity contribution in [3.05, 3.63) is 78.7 Å². The van der Waals surface area contributed by atoms with E-state index in [0.717, 1.165) is 21.8 Å². The van der Waals surface area contributed by atoms with Gasteiger partial charge in [-0.2, -0.15) is 5.10 Å². The molecule has 3 aromatic rings. The van der Waals surface area contributed by atoms with Crippen LogP contribution in [0.2, 0.25) is 5.02 Å². The number of aryl methyl sites for hydroxylation is 1. The molecule has 1 aromatic carbocycles. The van der Waals surface area contributed by atoms with Crippen LogP contribution in [0.3, 0.4) is 0 Å². The standard InChI is InChI=1S/C19H17ClN4O3S/c1-12-8-14(11-21-22-19(25)10-16-4-3-7-28-16)13(2)23(12)15-5-6-17(20)18(9-15)24(26)27/h3-9,11H,10H2,1-2H3,(H,22,25)/b21-11-. The van der Waals surface area contributed by atoms with Crippen LogP contribution in [0.15, 0.2) is 46.9 Å². The molecule has 0 spiro atoms. The van der Waals surface area contributed by atoms with Gasteiger partial charge in [0.15, 0.2) is 0 Å². The maximum Gasteiger partial charge on any atom is 0.289 e. The molecule has 2 aromatic heterocycles. The Morgan fingerprint density at radius 1 is 1.36 bits per heavy atom. The van der Waals surface area contributed by atoms with E-state index in [-0.39, 0.29) is 23.0 Å². The average Bonchev–Trinajstić information content (AvgIpc) is 3.24. The zero-order valence-electron chi connectivity index (χ0n) is 15.2. The Bertz CT molecular complexity index is 1060. The molecule has 2 heterocycles. The molecule has 0 aliphatic heterocycles. The first-order chi connectivity index (χ1) is 13.4. The fourth-order valence-corrected chi connectivity index (χ4v) is 3.77. The number of halogens is 1. The maximum absolute atomic E-state index is 11.9. The van der Waals surface area contributed by atoms with Gasteiger partial charge in [0.2, 0.25) is 5.91 Å². The molecular weight excluding hydrogens is 400 g/mol. The summed E-state index contributed by atoms with van der Waals surface area (Å²) in [6, 6.07) is 10.3. The molecule has 0 unspecified atom stereocenters. The Labute approximate surface area is 170 Å². The Balaban J connectivity index is 1.79. The third-order valence-electron chi connectivity index (χ3n) is 4.16. The molecule has 0 radical (unpaired) electrons. The van der Waals surface area contributed by atoms with Crippen molar-refractivity contribution in [3.63, 3.8) is 0 Å². The van der Waals surface area contributed by atoms with Crippen LogP contribution in [0.5, 0.6) is 0 Å². The van der Waals surface area contributed by atoms with Gasteiger partial charge in [-0.25, -0.2) is 5.43 Å². The molecule has 0 saturated heterocycles.